The first-order valence-electron chi connectivity index (χ1n) is 9.06. The van der Waals surface area contributed by atoms with Crippen molar-refractivity contribution in [1.29, 1.82) is 0 Å². The third-order valence-corrected chi connectivity index (χ3v) is 4.24. The number of rotatable bonds is 11. The minimum atomic E-state index is -0.284. The highest BCUT2D eigenvalue weighted by Gasteiger charge is 2.12. The number of carbonyl (C=O) groups excluding carboxylic acids is 3. The Morgan fingerprint density at radius 1 is 0.962 bits per heavy atom. The highest BCUT2D eigenvalue weighted by atomic mass is 79.9. The number of nitrogens with zero attached hydrogens (tertiary/aromatic N) is 1. The Labute approximate surface area is 163 Å². The molecule has 0 heterocycles. The molecule has 26 heavy (non-hydrogen) atoms. The van der Waals surface area contributed by atoms with Gasteiger partial charge in [-0.05, 0) is 43.5 Å². The van der Waals surface area contributed by atoms with E-state index in [4.69, 9.17) is 0 Å². The maximum atomic E-state index is 12.1. The molecule has 0 aliphatic heterocycles. The van der Waals surface area contributed by atoms with Crippen molar-refractivity contribution in [1.82, 2.24) is 10.2 Å². The summed E-state index contributed by atoms with van der Waals surface area (Å²) in [6.45, 7) is 5.52. The van der Waals surface area contributed by atoms with Gasteiger partial charge in [0, 0.05) is 36.1 Å². The van der Waals surface area contributed by atoms with Crippen molar-refractivity contribution in [3.8, 4) is 0 Å². The minimum Gasteiger partial charge on any atom is -0.347 e. The molecule has 0 aliphatic rings. The van der Waals surface area contributed by atoms with Crippen molar-refractivity contribution in [2.24, 2.45) is 0 Å². The predicted octanol–water partition coefficient (Wildman–Crippen LogP) is 3.32. The van der Waals surface area contributed by atoms with Crippen molar-refractivity contribution in [3.05, 3.63) is 28.7 Å². The number of nitrogens with one attached hydrogen (secondary N) is 2. The highest BCUT2D eigenvalue weighted by Crippen LogP contribution is 2.13. The number of amides is 3. The summed E-state index contributed by atoms with van der Waals surface area (Å²) in [6.07, 6.45) is 2.95. The van der Waals surface area contributed by atoms with Crippen LogP contribution < -0.4 is 10.6 Å². The van der Waals surface area contributed by atoms with Crippen molar-refractivity contribution < 1.29 is 14.4 Å². The van der Waals surface area contributed by atoms with Gasteiger partial charge in [0.1, 0.15) is 0 Å². The molecule has 0 atom stereocenters. The minimum absolute atomic E-state index is 0.0827. The number of anilines is 1. The lowest BCUT2D eigenvalue weighted by Gasteiger charge is -2.21. The largest absolute Gasteiger partial charge is 0.347 e. The van der Waals surface area contributed by atoms with Gasteiger partial charge >= 0.3 is 0 Å². The summed E-state index contributed by atoms with van der Waals surface area (Å²) in [5.74, 6) is -0.412. The molecule has 0 unspecified atom stereocenters. The lowest BCUT2D eigenvalue weighted by Crippen LogP contribution is -2.34. The summed E-state index contributed by atoms with van der Waals surface area (Å²) in [6, 6.07) is 7.19. The fourth-order valence-corrected chi connectivity index (χ4v) is 2.73. The van der Waals surface area contributed by atoms with Crippen LogP contribution in [0.25, 0.3) is 0 Å². The molecular formula is C19H28BrN3O3. The molecule has 7 heteroatoms. The molecule has 1 aromatic carbocycles. The Kier molecular flexibility index (Phi) is 10.6. The fraction of sp³-hybridized carbons (Fsp3) is 0.526. The Morgan fingerprint density at radius 3 is 2.15 bits per heavy atom. The van der Waals surface area contributed by atoms with Crippen LogP contribution in [-0.4, -0.2) is 42.3 Å². The Balaban J connectivity index is 2.24. The first-order valence-corrected chi connectivity index (χ1v) is 9.85. The van der Waals surface area contributed by atoms with E-state index in [2.05, 4.69) is 26.6 Å². The fourth-order valence-electron chi connectivity index (χ4n) is 2.46. The van der Waals surface area contributed by atoms with Gasteiger partial charge in [-0.2, -0.15) is 0 Å². The molecule has 1 aromatic rings. The van der Waals surface area contributed by atoms with Crippen molar-refractivity contribution in [2.75, 3.05) is 25.0 Å². The van der Waals surface area contributed by atoms with Gasteiger partial charge in [-0.1, -0.05) is 29.8 Å². The van der Waals surface area contributed by atoms with Crippen LogP contribution in [0.5, 0.6) is 0 Å². The molecule has 0 saturated carbocycles. The van der Waals surface area contributed by atoms with Gasteiger partial charge in [0.25, 0.3) is 0 Å². The Hall–Kier alpha value is -1.89. The molecule has 1 rings (SSSR count). The van der Waals surface area contributed by atoms with Gasteiger partial charge < -0.3 is 15.5 Å². The Bertz CT molecular complexity index is 584. The van der Waals surface area contributed by atoms with E-state index in [1.165, 1.54) is 0 Å². The SMILES string of the molecule is CCCN(CCC)C(=O)CCCC(=O)NCC(=O)Nc1ccc(Br)cc1. The second kappa shape index (κ2) is 12.5. The summed E-state index contributed by atoms with van der Waals surface area (Å²) in [7, 11) is 0. The zero-order valence-electron chi connectivity index (χ0n) is 15.5. The molecule has 0 bridgehead atoms. The van der Waals surface area contributed by atoms with Crippen molar-refractivity contribution in [3.63, 3.8) is 0 Å². The molecule has 2 N–H and O–H groups in total. The number of hydrogen-bond acceptors (Lipinski definition) is 3. The maximum Gasteiger partial charge on any atom is 0.243 e. The zero-order valence-corrected chi connectivity index (χ0v) is 17.1. The molecule has 0 aliphatic carbocycles. The summed E-state index contributed by atoms with van der Waals surface area (Å²) in [4.78, 5) is 37.6. The van der Waals surface area contributed by atoms with Crippen LogP contribution in [0.15, 0.2) is 28.7 Å². The third kappa shape index (κ3) is 8.99. The normalized spacial score (nSPS) is 10.3. The Morgan fingerprint density at radius 2 is 1.58 bits per heavy atom. The average Bonchev–Trinajstić information content (AvgIpc) is 2.61. The maximum absolute atomic E-state index is 12.1. The van der Waals surface area contributed by atoms with Gasteiger partial charge in [0.15, 0.2) is 0 Å². The van der Waals surface area contributed by atoms with Gasteiger partial charge in [0.2, 0.25) is 17.7 Å². The van der Waals surface area contributed by atoms with Crippen molar-refractivity contribution >= 4 is 39.3 Å². The predicted molar refractivity (Wildman–Crippen MR) is 107 cm³/mol. The number of carbonyl (C=O) groups is 3. The van der Waals surface area contributed by atoms with E-state index in [1.807, 2.05) is 30.9 Å². The molecule has 0 radical (unpaired) electrons. The van der Waals surface area contributed by atoms with E-state index in [9.17, 15) is 14.4 Å². The van der Waals surface area contributed by atoms with Gasteiger partial charge in [-0.15, -0.1) is 0 Å². The second-order valence-electron chi connectivity index (χ2n) is 6.07. The van der Waals surface area contributed by atoms with Crippen LogP contribution in [0.4, 0.5) is 5.69 Å². The molecule has 3 amide bonds. The van der Waals surface area contributed by atoms with Gasteiger partial charge in [0.05, 0.1) is 6.54 Å². The van der Waals surface area contributed by atoms with E-state index in [1.54, 1.807) is 12.1 Å². The summed E-state index contributed by atoms with van der Waals surface area (Å²) in [5.41, 5.74) is 0.671. The van der Waals surface area contributed by atoms with E-state index < -0.39 is 0 Å². The molecule has 0 spiro atoms. The van der Waals surface area contributed by atoms with Gasteiger partial charge in [-0.25, -0.2) is 0 Å². The summed E-state index contributed by atoms with van der Waals surface area (Å²) < 4.78 is 0.926. The van der Waals surface area contributed by atoms with E-state index in [-0.39, 0.29) is 30.7 Å². The van der Waals surface area contributed by atoms with E-state index >= 15 is 0 Å². The number of hydrogen-bond donors (Lipinski definition) is 2. The molecule has 0 saturated heterocycles. The lowest BCUT2D eigenvalue weighted by atomic mass is 10.2. The van der Waals surface area contributed by atoms with Crippen LogP contribution in [0.3, 0.4) is 0 Å². The van der Waals surface area contributed by atoms with Crippen LogP contribution in [0.2, 0.25) is 0 Å². The average molecular weight is 426 g/mol. The smallest absolute Gasteiger partial charge is 0.243 e. The molecule has 0 aromatic heterocycles. The highest BCUT2D eigenvalue weighted by molar-refractivity contribution is 9.10. The van der Waals surface area contributed by atoms with E-state index in [0.29, 0.717) is 18.5 Å². The molecular weight excluding hydrogens is 398 g/mol. The zero-order chi connectivity index (χ0) is 19.4. The molecule has 0 fully saturated rings. The topological polar surface area (TPSA) is 78.5 Å². The van der Waals surface area contributed by atoms with Crippen LogP contribution in [0, 0.1) is 0 Å². The quantitative estimate of drug-likeness (QED) is 0.570. The first-order chi connectivity index (χ1) is 12.5. The summed E-state index contributed by atoms with van der Waals surface area (Å²) >= 11 is 3.32. The van der Waals surface area contributed by atoms with Crippen LogP contribution in [0.1, 0.15) is 46.0 Å². The van der Waals surface area contributed by atoms with Crippen LogP contribution in [-0.2, 0) is 14.4 Å². The number of benzene rings is 1. The van der Waals surface area contributed by atoms with Crippen molar-refractivity contribution in [2.45, 2.75) is 46.0 Å². The third-order valence-electron chi connectivity index (χ3n) is 3.71. The number of halogens is 1. The second-order valence-corrected chi connectivity index (χ2v) is 6.98. The molecule has 144 valence electrons. The monoisotopic (exact) mass is 425 g/mol. The van der Waals surface area contributed by atoms with E-state index in [0.717, 1.165) is 30.4 Å². The van der Waals surface area contributed by atoms with Crippen LogP contribution >= 0.6 is 15.9 Å². The first kappa shape index (κ1) is 22.2. The summed E-state index contributed by atoms with van der Waals surface area (Å²) in [5, 5.41) is 5.29. The lowest BCUT2D eigenvalue weighted by molar-refractivity contribution is -0.131. The standard InChI is InChI=1S/C19H28BrN3O3/c1-3-12-23(13-4-2)19(26)7-5-6-17(24)21-14-18(25)22-16-10-8-15(20)9-11-16/h8-11H,3-7,12-14H2,1-2H3,(H,21,24)(H,22,25). The molecule has 6 nitrogen and oxygen atoms in total. The van der Waals surface area contributed by atoms with Gasteiger partial charge in [-0.3, -0.25) is 14.4 Å².